The van der Waals surface area contributed by atoms with Gasteiger partial charge in [0.2, 0.25) is 3.79 Å². The Bertz CT molecular complexity index is 147. The molecule has 0 aromatic heterocycles. The van der Waals surface area contributed by atoms with E-state index in [0.29, 0.717) is 0 Å². The molecule has 0 amide bonds. The maximum atomic E-state index is 9.74. The first-order valence-electron chi connectivity index (χ1n) is 4.76. The Morgan fingerprint density at radius 3 is 1.85 bits per heavy atom. The van der Waals surface area contributed by atoms with Crippen molar-refractivity contribution in [1.29, 1.82) is 0 Å². The Morgan fingerprint density at radius 2 is 1.46 bits per heavy atom. The predicted molar refractivity (Wildman–Crippen MR) is 57.5 cm³/mol. The molecule has 0 aromatic carbocycles. The molecule has 1 N–H and O–H groups in total. The highest BCUT2D eigenvalue weighted by atomic mass is 35.6. The minimum atomic E-state index is -1.52. The molecule has 0 radical (unpaired) electrons. The zero-order valence-corrected chi connectivity index (χ0v) is 9.75. The van der Waals surface area contributed by atoms with Gasteiger partial charge in [0.15, 0.2) is 0 Å². The minimum Gasteiger partial charge on any atom is -0.388 e. The largest absolute Gasteiger partial charge is 0.388 e. The zero-order valence-electron chi connectivity index (χ0n) is 7.48. The smallest absolute Gasteiger partial charge is 0.216 e. The van der Waals surface area contributed by atoms with Crippen LogP contribution in [0.5, 0.6) is 0 Å². The normalized spacial score (nSPS) is 24.0. The fraction of sp³-hybridized carbons (Fsp3) is 1.00. The number of aliphatic hydroxyl groups is 1. The molecule has 0 bridgehead atoms. The van der Waals surface area contributed by atoms with Gasteiger partial charge in [0, 0.05) is 0 Å². The van der Waals surface area contributed by atoms with Gasteiger partial charge in [-0.15, -0.1) is 0 Å². The fourth-order valence-corrected chi connectivity index (χ4v) is 2.43. The lowest BCUT2D eigenvalue weighted by Gasteiger charge is -2.26. The molecule has 78 valence electrons. The molecule has 1 aliphatic carbocycles. The summed E-state index contributed by atoms with van der Waals surface area (Å²) >= 11 is 17.0. The van der Waals surface area contributed by atoms with E-state index in [4.69, 9.17) is 34.8 Å². The van der Waals surface area contributed by atoms with E-state index in [9.17, 15) is 5.11 Å². The third kappa shape index (κ3) is 3.83. The van der Waals surface area contributed by atoms with E-state index >= 15 is 0 Å². The highest BCUT2D eigenvalue weighted by Gasteiger charge is 2.36. The lowest BCUT2D eigenvalue weighted by molar-refractivity contribution is 0.102. The second-order valence-electron chi connectivity index (χ2n) is 3.74. The first kappa shape index (κ1) is 11.9. The van der Waals surface area contributed by atoms with E-state index in [1.807, 2.05) is 0 Å². The molecule has 0 aliphatic heterocycles. The average molecular weight is 246 g/mol. The number of alkyl halides is 3. The van der Waals surface area contributed by atoms with Crippen molar-refractivity contribution < 1.29 is 5.11 Å². The third-order valence-electron chi connectivity index (χ3n) is 2.68. The van der Waals surface area contributed by atoms with Crippen LogP contribution in [0.15, 0.2) is 0 Å². The standard InChI is InChI=1S/C9H15Cl3O/c10-9(11,12)8(13)7-5-3-1-2-4-6-7/h7-8,13H,1-6H2. The van der Waals surface area contributed by atoms with Crippen LogP contribution in [0.4, 0.5) is 0 Å². The van der Waals surface area contributed by atoms with Crippen molar-refractivity contribution in [2.75, 3.05) is 0 Å². The Hall–Kier alpha value is 0.830. The first-order chi connectivity index (χ1) is 6.02. The van der Waals surface area contributed by atoms with Crippen LogP contribution in [0.25, 0.3) is 0 Å². The number of rotatable bonds is 1. The van der Waals surface area contributed by atoms with Crippen molar-refractivity contribution in [3.63, 3.8) is 0 Å². The maximum Gasteiger partial charge on any atom is 0.216 e. The summed E-state index contributed by atoms with van der Waals surface area (Å²) < 4.78 is -1.52. The summed E-state index contributed by atoms with van der Waals surface area (Å²) in [4.78, 5) is 0. The number of aliphatic hydroxyl groups excluding tert-OH is 1. The van der Waals surface area contributed by atoms with E-state index in [2.05, 4.69) is 0 Å². The molecule has 0 saturated heterocycles. The van der Waals surface area contributed by atoms with Crippen molar-refractivity contribution >= 4 is 34.8 Å². The van der Waals surface area contributed by atoms with Gasteiger partial charge in [0.25, 0.3) is 0 Å². The van der Waals surface area contributed by atoms with Gasteiger partial charge in [-0.05, 0) is 18.8 Å². The van der Waals surface area contributed by atoms with Gasteiger partial charge in [-0.2, -0.15) is 0 Å². The van der Waals surface area contributed by atoms with Crippen LogP contribution >= 0.6 is 34.8 Å². The molecule has 1 nitrogen and oxygen atoms in total. The zero-order chi connectivity index (χ0) is 9.90. The molecule has 1 atom stereocenters. The predicted octanol–water partition coefficient (Wildman–Crippen LogP) is 3.69. The van der Waals surface area contributed by atoms with Gasteiger partial charge in [-0.1, -0.05) is 60.5 Å². The first-order valence-corrected chi connectivity index (χ1v) is 5.90. The van der Waals surface area contributed by atoms with E-state index in [0.717, 1.165) is 25.7 Å². The molecule has 1 unspecified atom stereocenters. The monoisotopic (exact) mass is 244 g/mol. The number of hydrogen-bond acceptors (Lipinski definition) is 1. The van der Waals surface area contributed by atoms with Crippen LogP contribution in [-0.2, 0) is 0 Å². The van der Waals surface area contributed by atoms with E-state index < -0.39 is 9.90 Å². The van der Waals surface area contributed by atoms with Gasteiger partial charge in [0.1, 0.15) is 6.10 Å². The Balaban J connectivity index is 2.48. The van der Waals surface area contributed by atoms with Crippen LogP contribution in [0, 0.1) is 5.92 Å². The van der Waals surface area contributed by atoms with Gasteiger partial charge < -0.3 is 5.11 Å². The van der Waals surface area contributed by atoms with Crippen LogP contribution in [0.2, 0.25) is 0 Å². The summed E-state index contributed by atoms with van der Waals surface area (Å²) in [6, 6.07) is 0. The molecule has 13 heavy (non-hydrogen) atoms. The summed E-state index contributed by atoms with van der Waals surface area (Å²) in [7, 11) is 0. The highest BCUT2D eigenvalue weighted by Crippen LogP contribution is 2.38. The summed E-state index contributed by atoms with van der Waals surface area (Å²) in [5.41, 5.74) is 0. The van der Waals surface area contributed by atoms with Gasteiger partial charge >= 0.3 is 0 Å². The summed E-state index contributed by atoms with van der Waals surface area (Å²) in [6.45, 7) is 0. The molecule has 1 fully saturated rings. The molecular weight excluding hydrogens is 230 g/mol. The Kier molecular flexibility index (Phi) is 4.64. The van der Waals surface area contributed by atoms with Crippen molar-refractivity contribution in [3.05, 3.63) is 0 Å². The Labute approximate surface area is 94.4 Å². The van der Waals surface area contributed by atoms with Crippen molar-refractivity contribution in [2.45, 2.75) is 48.4 Å². The van der Waals surface area contributed by atoms with Crippen LogP contribution in [0.1, 0.15) is 38.5 Å². The molecule has 1 rings (SSSR count). The van der Waals surface area contributed by atoms with E-state index in [-0.39, 0.29) is 5.92 Å². The quantitative estimate of drug-likeness (QED) is 0.552. The fourth-order valence-electron chi connectivity index (χ4n) is 1.89. The lowest BCUT2D eigenvalue weighted by atomic mass is 9.95. The average Bonchev–Trinajstić information content (AvgIpc) is 2.28. The second kappa shape index (κ2) is 5.06. The molecule has 4 heteroatoms. The summed E-state index contributed by atoms with van der Waals surface area (Å²) in [5.74, 6) is 0.162. The van der Waals surface area contributed by atoms with Crippen LogP contribution in [0.3, 0.4) is 0 Å². The molecule has 0 spiro atoms. The Morgan fingerprint density at radius 1 is 1.00 bits per heavy atom. The summed E-state index contributed by atoms with van der Waals surface area (Å²) in [6.07, 6.45) is 5.91. The van der Waals surface area contributed by atoms with Gasteiger partial charge in [0.05, 0.1) is 0 Å². The molecule has 0 aromatic rings. The highest BCUT2D eigenvalue weighted by molar-refractivity contribution is 6.68. The van der Waals surface area contributed by atoms with Crippen molar-refractivity contribution in [1.82, 2.24) is 0 Å². The van der Waals surface area contributed by atoms with Gasteiger partial charge in [-0.3, -0.25) is 0 Å². The minimum absolute atomic E-state index is 0.162. The molecule has 1 saturated carbocycles. The molecular formula is C9H15Cl3O. The van der Waals surface area contributed by atoms with Crippen LogP contribution < -0.4 is 0 Å². The van der Waals surface area contributed by atoms with Crippen molar-refractivity contribution in [2.24, 2.45) is 5.92 Å². The van der Waals surface area contributed by atoms with E-state index in [1.165, 1.54) is 12.8 Å². The maximum absolute atomic E-state index is 9.74. The lowest BCUT2D eigenvalue weighted by Crippen LogP contribution is -2.33. The SMILES string of the molecule is OC(C1CCCCCC1)C(Cl)(Cl)Cl. The number of hydrogen-bond donors (Lipinski definition) is 1. The van der Waals surface area contributed by atoms with Crippen molar-refractivity contribution in [3.8, 4) is 0 Å². The molecule has 1 aliphatic rings. The van der Waals surface area contributed by atoms with Crippen LogP contribution in [-0.4, -0.2) is 15.0 Å². The van der Waals surface area contributed by atoms with Gasteiger partial charge in [-0.25, -0.2) is 0 Å². The molecule has 0 heterocycles. The summed E-state index contributed by atoms with van der Waals surface area (Å²) in [5, 5.41) is 9.74. The topological polar surface area (TPSA) is 20.2 Å². The number of halogens is 3. The third-order valence-corrected chi connectivity index (χ3v) is 3.35. The van der Waals surface area contributed by atoms with E-state index in [1.54, 1.807) is 0 Å². The second-order valence-corrected chi connectivity index (χ2v) is 6.11.